The Hall–Kier alpha value is -2.63. The first-order valence-corrected chi connectivity index (χ1v) is 8.78. The van der Waals surface area contributed by atoms with Crippen molar-refractivity contribution in [1.82, 2.24) is 9.78 Å². The van der Waals surface area contributed by atoms with Crippen LogP contribution in [0.15, 0.2) is 30.5 Å². The van der Waals surface area contributed by atoms with Crippen molar-refractivity contribution in [3.8, 4) is 0 Å². The van der Waals surface area contributed by atoms with E-state index < -0.39 is 5.97 Å². The number of anilines is 1. The fraction of sp³-hybridized carbons (Fsp3) is 0.421. The number of fused-ring (bicyclic) bond motifs is 1. The van der Waals surface area contributed by atoms with Gasteiger partial charge in [-0.25, -0.2) is 4.79 Å². The quantitative estimate of drug-likeness (QED) is 0.670. The van der Waals surface area contributed by atoms with Gasteiger partial charge in [0, 0.05) is 11.9 Å². The lowest BCUT2D eigenvalue weighted by Crippen LogP contribution is -2.19. The predicted molar refractivity (Wildman–Crippen MR) is 94.5 cm³/mol. The molecule has 1 aromatic heterocycles. The summed E-state index contributed by atoms with van der Waals surface area (Å²) in [6, 6.07) is 6.75. The van der Waals surface area contributed by atoms with Crippen LogP contribution >= 0.6 is 0 Å². The lowest BCUT2D eigenvalue weighted by molar-refractivity contribution is -0.116. The highest BCUT2D eigenvalue weighted by Crippen LogP contribution is 2.19. The molecule has 3 rings (SSSR count). The summed E-state index contributed by atoms with van der Waals surface area (Å²) < 4.78 is 6.68. The number of nitrogens with zero attached hydrogens (tertiary/aromatic N) is 2. The maximum atomic E-state index is 12.3. The van der Waals surface area contributed by atoms with Crippen LogP contribution < -0.4 is 5.32 Å². The van der Waals surface area contributed by atoms with Gasteiger partial charge in [-0.3, -0.25) is 9.48 Å². The van der Waals surface area contributed by atoms with Crippen LogP contribution in [-0.4, -0.2) is 28.3 Å². The smallest absolute Gasteiger partial charge is 0.338 e. The van der Waals surface area contributed by atoms with Gasteiger partial charge in [-0.1, -0.05) is 12.5 Å². The Bertz CT molecular complexity index is 744. The van der Waals surface area contributed by atoms with Crippen molar-refractivity contribution in [2.45, 2.75) is 45.6 Å². The molecule has 1 amide bonds. The van der Waals surface area contributed by atoms with Gasteiger partial charge in [0.05, 0.1) is 17.9 Å². The Balaban J connectivity index is 1.63. The summed E-state index contributed by atoms with van der Waals surface area (Å²) >= 11 is 0. The molecule has 1 aliphatic carbocycles. The molecule has 0 fully saturated rings. The molecule has 1 N–H and O–H groups in total. The fourth-order valence-corrected chi connectivity index (χ4v) is 3.07. The van der Waals surface area contributed by atoms with E-state index in [1.807, 2.05) is 6.20 Å². The van der Waals surface area contributed by atoms with Crippen LogP contribution in [0.25, 0.3) is 0 Å². The van der Waals surface area contributed by atoms with Gasteiger partial charge in [-0.05, 0) is 56.4 Å². The maximum absolute atomic E-state index is 12.3. The van der Waals surface area contributed by atoms with Gasteiger partial charge < -0.3 is 10.1 Å². The van der Waals surface area contributed by atoms with Gasteiger partial charge in [0.25, 0.3) is 0 Å². The molecule has 0 saturated heterocycles. The second-order valence-electron chi connectivity index (χ2n) is 6.21. The molecular formula is C19H23N3O3. The number of benzene rings is 1. The highest BCUT2D eigenvalue weighted by molar-refractivity contribution is 5.94. The topological polar surface area (TPSA) is 73.2 Å². The van der Waals surface area contributed by atoms with Crippen LogP contribution in [0, 0.1) is 0 Å². The molecule has 0 unspecified atom stereocenters. The van der Waals surface area contributed by atoms with E-state index in [0.717, 1.165) is 25.0 Å². The van der Waals surface area contributed by atoms with Gasteiger partial charge >= 0.3 is 5.97 Å². The van der Waals surface area contributed by atoms with Crippen molar-refractivity contribution in [3.63, 3.8) is 0 Å². The van der Waals surface area contributed by atoms with Crippen molar-refractivity contribution in [1.29, 1.82) is 0 Å². The number of amides is 1. The second kappa shape index (κ2) is 7.96. The van der Waals surface area contributed by atoms with Crippen LogP contribution in [0.1, 0.15) is 47.8 Å². The van der Waals surface area contributed by atoms with Crippen molar-refractivity contribution in [2.24, 2.45) is 0 Å². The Morgan fingerprint density at radius 2 is 2.08 bits per heavy atom. The summed E-state index contributed by atoms with van der Waals surface area (Å²) in [5.41, 5.74) is 3.37. The molecule has 1 aliphatic rings. The standard InChI is InChI=1S/C19H23N3O3/c1-2-25-19(24)14-8-6-9-16(11-14)20-18(23)13-22-12-15-7-4-3-5-10-17(15)21-22/h6,8-9,11-12H,2-5,7,10,13H2,1H3,(H,20,23). The van der Waals surface area contributed by atoms with Crippen molar-refractivity contribution >= 4 is 17.6 Å². The Morgan fingerprint density at radius 3 is 2.92 bits per heavy atom. The molecule has 0 spiro atoms. The first kappa shape index (κ1) is 17.2. The van der Waals surface area contributed by atoms with E-state index in [0.29, 0.717) is 17.9 Å². The lowest BCUT2D eigenvalue weighted by Gasteiger charge is -2.07. The normalized spacial score (nSPS) is 13.6. The molecule has 132 valence electrons. The number of nitrogens with one attached hydrogen (secondary N) is 1. The monoisotopic (exact) mass is 341 g/mol. The maximum Gasteiger partial charge on any atom is 0.338 e. The number of hydrogen-bond donors (Lipinski definition) is 1. The van der Waals surface area contributed by atoms with Gasteiger partial charge in [-0.15, -0.1) is 0 Å². The number of esters is 1. The number of carbonyl (C=O) groups is 2. The zero-order valence-corrected chi connectivity index (χ0v) is 14.5. The van der Waals surface area contributed by atoms with E-state index in [-0.39, 0.29) is 12.5 Å². The highest BCUT2D eigenvalue weighted by Gasteiger charge is 2.14. The number of ether oxygens (including phenoxy) is 1. The third-order valence-corrected chi connectivity index (χ3v) is 4.25. The average molecular weight is 341 g/mol. The molecule has 2 aromatic rings. The Kier molecular flexibility index (Phi) is 5.48. The zero-order chi connectivity index (χ0) is 17.6. The molecule has 6 nitrogen and oxygen atoms in total. The van der Waals surface area contributed by atoms with Crippen LogP contribution in [0.5, 0.6) is 0 Å². The zero-order valence-electron chi connectivity index (χ0n) is 14.5. The van der Waals surface area contributed by atoms with Crippen molar-refractivity contribution in [2.75, 3.05) is 11.9 Å². The summed E-state index contributed by atoms with van der Waals surface area (Å²) in [7, 11) is 0. The van der Waals surface area contributed by atoms with Crippen LogP contribution in [0.3, 0.4) is 0 Å². The summed E-state index contributed by atoms with van der Waals surface area (Å²) in [6.45, 7) is 2.24. The molecule has 6 heteroatoms. The van der Waals surface area contributed by atoms with Crippen LogP contribution in [0.4, 0.5) is 5.69 Å². The third kappa shape index (κ3) is 4.47. The second-order valence-corrected chi connectivity index (χ2v) is 6.21. The van der Waals surface area contributed by atoms with E-state index in [2.05, 4.69) is 10.4 Å². The minimum atomic E-state index is -0.394. The summed E-state index contributed by atoms with van der Waals surface area (Å²) in [4.78, 5) is 24.0. The van der Waals surface area contributed by atoms with Crippen LogP contribution in [0.2, 0.25) is 0 Å². The van der Waals surface area contributed by atoms with Gasteiger partial charge in [0.2, 0.25) is 5.91 Å². The van der Waals surface area contributed by atoms with E-state index >= 15 is 0 Å². The minimum absolute atomic E-state index is 0.163. The van der Waals surface area contributed by atoms with E-state index in [4.69, 9.17) is 4.74 Å². The molecule has 1 aromatic carbocycles. The van der Waals surface area contributed by atoms with E-state index in [1.54, 1.807) is 35.9 Å². The van der Waals surface area contributed by atoms with Crippen molar-refractivity contribution < 1.29 is 14.3 Å². The molecule has 0 radical (unpaired) electrons. The summed E-state index contributed by atoms with van der Waals surface area (Å²) in [5, 5.41) is 7.36. The number of aromatic nitrogens is 2. The number of rotatable bonds is 5. The molecule has 1 heterocycles. The van der Waals surface area contributed by atoms with Crippen molar-refractivity contribution in [3.05, 3.63) is 47.3 Å². The Morgan fingerprint density at radius 1 is 1.24 bits per heavy atom. The van der Waals surface area contributed by atoms with E-state index in [1.165, 1.54) is 18.4 Å². The lowest BCUT2D eigenvalue weighted by atomic mass is 10.1. The molecule has 0 bridgehead atoms. The molecule has 0 atom stereocenters. The summed E-state index contributed by atoms with van der Waals surface area (Å²) in [6.07, 6.45) is 7.61. The predicted octanol–water partition coefficient (Wildman–Crippen LogP) is 2.97. The number of carbonyl (C=O) groups excluding carboxylic acids is 2. The van der Waals surface area contributed by atoms with Gasteiger partial charge in [-0.2, -0.15) is 5.10 Å². The Labute approximate surface area is 147 Å². The van der Waals surface area contributed by atoms with E-state index in [9.17, 15) is 9.59 Å². The first-order chi connectivity index (χ1) is 12.2. The van der Waals surface area contributed by atoms with Gasteiger partial charge in [0.15, 0.2) is 0 Å². The number of aryl methyl sites for hydroxylation is 2. The molecule has 0 aliphatic heterocycles. The van der Waals surface area contributed by atoms with Gasteiger partial charge in [0.1, 0.15) is 6.54 Å². The van der Waals surface area contributed by atoms with Crippen LogP contribution in [-0.2, 0) is 28.9 Å². The molecular weight excluding hydrogens is 318 g/mol. The molecule has 25 heavy (non-hydrogen) atoms. The number of hydrogen-bond acceptors (Lipinski definition) is 4. The summed E-state index contributed by atoms with van der Waals surface area (Å²) in [5.74, 6) is -0.562. The minimum Gasteiger partial charge on any atom is -0.462 e. The fourth-order valence-electron chi connectivity index (χ4n) is 3.07. The first-order valence-electron chi connectivity index (χ1n) is 8.78. The largest absolute Gasteiger partial charge is 0.462 e. The SMILES string of the molecule is CCOC(=O)c1cccc(NC(=O)Cn2cc3c(n2)CCCCC3)c1. The molecule has 0 saturated carbocycles. The highest BCUT2D eigenvalue weighted by atomic mass is 16.5. The third-order valence-electron chi connectivity index (χ3n) is 4.25. The average Bonchev–Trinajstić information content (AvgIpc) is 2.83.